The Morgan fingerprint density at radius 1 is 1.27 bits per heavy atom. The third-order valence-corrected chi connectivity index (χ3v) is 3.82. The quantitative estimate of drug-likeness (QED) is 0.712. The van der Waals surface area contributed by atoms with Gasteiger partial charge in [0.1, 0.15) is 6.26 Å². The van der Waals surface area contributed by atoms with Crippen LogP contribution in [-0.2, 0) is 9.59 Å². The van der Waals surface area contributed by atoms with Gasteiger partial charge in [-0.25, -0.2) is 4.98 Å². The number of amides is 2. The van der Waals surface area contributed by atoms with Crippen molar-refractivity contribution in [1.82, 2.24) is 10.3 Å². The Morgan fingerprint density at radius 3 is 2.54 bits per heavy atom. The van der Waals surface area contributed by atoms with Gasteiger partial charge in [0.05, 0.1) is 18.3 Å². The van der Waals surface area contributed by atoms with E-state index in [9.17, 15) is 9.59 Å². The van der Waals surface area contributed by atoms with Crippen molar-refractivity contribution < 1.29 is 14.0 Å². The summed E-state index contributed by atoms with van der Waals surface area (Å²) in [6.07, 6.45) is 1.57. The minimum absolute atomic E-state index is 0. The average molecular weight is 381 g/mol. The van der Waals surface area contributed by atoms with Crippen molar-refractivity contribution in [2.24, 2.45) is 11.7 Å². The van der Waals surface area contributed by atoms with Crippen LogP contribution in [0.25, 0.3) is 11.5 Å². The van der Waals surface area contributed by atoms with Crippen LogP contribution in [0.4, 0.5) is 5.69 Å². The number of nitrogens with zero attached hydrogens (tertiary/aromatic N) is 1. The first-order valence-corrected chi connectivity index (χ1v) is 8.14. The van der Waals surface area contributed by atoms with Gasteiger partial charge in [-0.15, -0.1) is 12.4 Å². The number of aryl methyl sites for hydroxylation is 2. The summed E-state index contributed by atoms with van der Waals surface area (Å²) in [4.78, 5) is 28.2. The molecule has 26 heavy (non-hydrogen) atoms. The molecular formula is C18H25ClN4O3. The molecule has 0 saturated carbocycles. The fraction of sp³-hybridized carbons (Fsp3) is 0.389. The van der Waals surface area contributed by atoms with E-state index >= 15 is 0 Å². The van der Waals surface area contributed by atoms with Gasteiger partial charge in [0, 0.05) is 11.3 Å². The summed E-state index contributed by atoms with van der Waals surface area (Å²) in [7, 11) is 0. The van der Waals surface area contributed by atoms with Gasteiger partial charge >= 0.3 is 0 Å². The standard InChI is InChI=1S/C18H24N4O3.ClH/c1-10(2)16(19)17(24)20-8-15(23)22-14-7-13(6-5-11(14)3)18-21-12(4)9-25-18;/h5-7,9-10,16H,8,19H2,1-4H3,(H,20,24)(H,22,23);1H/t16-;/m0./s1. The zero-order valence-electron chi connectivity index (χ0n) is 15.3. The van der Waals surface area contributed by atoms with Crippen molar-refractivity contribution in [2.45, 2.75) is 33.7 Å². The Bertz CT molecular complexity index is 774. The van der Waals surface area contributed by atoms with E-state index < -0.39 is 6.04 Å². The van der Waals surface area contributed by atoms with Gasteiger partial charge in [-0.3, -0.25) is 9.59 Å². The lowest BCUT2D eigenvalue weighted by molar-refractivity contribution is -0.125. The predicted octanol–water partition coefficient (Wildman–Crippen LogP) is 2.42. The number of hydrogen-bond donors (Lipinski definition) is 3. The lowest BCUT2D eigenvalue weighted by Gasteiger charge is -2.15. The van der Waals surface area contributed by atoms with E-state index in [0.29, 0.717) is 11.6 Å². The molecule has 1 heterocycles. The number of carbonyl (C=O) groups excluding carboxylic acids is 2. The van der Waals surface area contributed by atoms with E-state index in [1.165, 1.54) is 0 Å². The molecule has 0 aliphatic heterocycles. The first-order valence-electron chi connectivity index (χ1n) is 8.14. The maximum Gasteiger partial charge on any atom is 0.243 e. The molecule has 1 atom stereocenters. The van der Waals surface area contributed by atoms with Crippen LogP contribution in [0.15, 0.2) is 28.9 Å². The molecule has 0 unspecified atom stereocenters. The third kappa shape index (κ3) is 5.57. The molecule has 0 spiro atoms. The van der Waals surface area contributed by atoms with Crippen molar-refractivity contribution in [3.05, 3.63) is 35.7 Å². The third-order valence-electron chi connectivity index (χ3n) is 3.82. The molecule has 0 bridgehead atoms. The minimum atomic E-state index is -0.633. The number of anilines is 1. The summed E-state index contributed by atoms with van der Waals surface area (Å²) in [6.45, 7) is 7.29. The van der Waals surface area contributed by atoms with E-state index in [4.69, 9.17) is 10.2 Å². The Labute approximate surface area is 159 Å². The maximum atomic E-state index is 12.1. The SMILES string of the molecule is Cc1coc(-c2ccc(C)c(NC(=O)CNC(=O)[C@@H](N)C(C)C)c2)n1.Cl. The highest BCUT2D eigenvalue weighted by molar-refractivity contribution is 5.96. The second kappa shape index (κ2) is 9.35. The first-order chi connectivity index (χ1) is 11.8. The fourth-order valence-electron chi connectivity index (χ4n) is 2.16. The van der Waals surface area contributed by atoms with Gasteiger partial charge in [0.25, 0.3) is 0 Å². The summed E-state index contributed by atoms with van der Waals surface area (Å²) in [5.74, 6) is -0.172. The molecule has 2 amide bonds. The van der Waals surface area contributed by atoms with Crippen LogP contribution < -0.4 is 16.4 Å². The largest absolute Gasteiger partial charge is 0.444 e. The van der Waals surface area contributed by atoms with Crippen LogP contribution in [0.1, 0.15) is 25.1 Å². The molecule has 0 saturated heterocycles. The second-order valence-corrected chi connectivity index (χ2v) is 6.36. The lowest BCUT2D eigenvalue weighted by Crippen LogP contribution is -2.46. The van der Waals surface area contributed by atoms with E-state index in [-0.39, 0.29) is 36.7 Å². The number of carbonyl (C=O) groups is 2. The molecular weight excluding hydrogens is 356 g/mol. The number of oxazole rings is 1. The molecule has 8 heteroatoms. The van der Waals surface area contributed by atoms with Crippen molar-refractivity contribution in [2.75, 3.05) is 11.9 Å². The molecule has 2 rings (SSSR count). The Balaban J connectivity index is 0.00000338. The van der Waals surface area contributed by atoms with E-state index in [0.717, 1.165) is 16.8 Å². The van der Waals surface area contributed by atoms with Crippen LogP contribution in [0, 0.1) is 19.8 Å². The van der Waals surface area contributed by atoms with Crippen LogP contribution in [0.2, 0.25) is 0 Å². The zero-order chi connectivity index (χ0) is 18.6. The maximum absolute atomic E-state index is 12.1. The number of aromatic nitrogens is 1. The summed E-state index contributed by atoms with van der Waals surface area (Å²) in [5.41, 5.74) is 8.83. The highest BCUT2D eigenvalue weighted by atomic mass is 35.5. The molecule has 1 aromatic heterocycles. The molecule has 2 aromatic rings. The molecule has 0 radical (unpaired) electrons. The van der Waals surface area contributed by atoms with Gasteiger partial charge in [-0.2, -0.15) is 0 Å². The van der Waals surface area contributed by atoms with Crippen molar-refractivity contribution in [3.8, 4) is 11.5 Å². The molecule has 0 fully saturated rings. The highest BCUT2D eigenvalue weighted by Gasteiger charge is 2.18. The normalized spacial score (nSPS) is 11.6. The van der Waals surface area contributed by atoms with Crippen molar-refractivity contribution >= 4 is 29.9 Å². The molecule has 0 aliphatic carbocycles. The lowest BCUT2D eigenvalue weighted by atomic mass is 10.1. The number of halogens is 1. The van der Waals surface area contributed by atoms with Crippen molar-refractivity contribution in [1.29, 1.82) is 0 Å². The Kier molecular flexibility index (Phi) is 7.79. The molecule has 142 valence electrons. The Morgan fingerprint density at radius 2 is 1.96 bits per heavy atom. The van der Waals surface area contributed by atoms with E-state index in [2.05, 4.69) is 15.6 Å². The van der Waals surface area contributed by atoms with Crippen LogP contribution >= 0.6 is 12.4 Å². The second-order valence-electron chi connectivity index (χ2n) is 6.36. The monoisotopic (exact) mass is 380 g/mol. The van der Waals surface area contributed by atoms with Gasteiger partial charge in [0.2, 0.25) is 17.7 Å². The zero-order valence-corrected chi connectivity index (χ0v) is 16.1. The summed E-state index contributed by atoms with van der Waals surface area (Å²) in [6, 6.07) is 4.91. The van der Waals surface area contributed by atoms with Gasteiger partial charge in [0.15, 0.2) is 0 Å². The van der Waals surface area contributed by atoms with E-state index in [1.807, 2.05) is 39.8 Å². The summed E-state index contributed by atoms with van der Waals surface area (Å²) in [5, 5.41) is 5.33. The van der Waals surface area contributed by atoms with Gasteiger partial charge in [-0.05, 0) is 37.5 Å². The molecule has 0 aliphatic rings. The fourth-order valence-corrected chi connectivity index (χ4v) is 2.16. The number of nitrogens with one attached hydrogen (secondary N) is 2. The van der Waals surface area contributed by atoms with E-state index in [1.54, 1.807) is 12.3 Å². The molecule has 4 N–H and O–H groups in total. The number of benzene rings is 1. The van der Waals surface area contributed by atoms with Crippen LogP contribution in [-0.4, -0.2) is 29.4 Å². The summed E-state index contributed by atoms with van der Waals surface area (Å²) >= 11 is 0. The smallest absolute Gasteiger partial charge is 0.243 e. The van der Waals surface area contributed by atoms with Gasteiger partial charge in [-0.1, -0.05) is 19.9 Å². The minimum Gasteiger partial charge on any atom is -0.444 e. The van der Waals surface area contributed by atoms with Crippen LogP contribution in [0.3, 0.4) is 0 Å². The highest BCUT2D eigenvalue weighted by Crippen LogP contribution is 2.24. The predicted molar refractivity (Wildman–Crippen MR) is 103 cm³/mol. The topological polar surface area (TPSA) is 110 Å². The average Bonchev–Trinajstić information content (AvgIpc) is 3.00. The number of hydrogen-bond acceptors (Lipinski definition) is 5. The number of nitrogens with two attached hydrogens (primary N) is 1. The molecule has 1 aromatic carbocycles. The number of rotatable bonds is 6. The first kappa shape index (κ1) is 21.7. The van der Waals surface area contributed by atoms with Gasteiger partial charge < -0.3 is 20.8 Å². The van der Waals surface area contributed by atoms with Crippen molar-refractivity contribution in [3.63, 3.8) is 0 Å². The Hall–Kier alpha value is -2.38. The summed E-state index contributed by atoms with van der Waals surface area (Å²) < 4.78 is 5.38. The van der Waals surface area contributed by atoms with Crippen LogP contribution in [0.5, 0.6) is 0 Å². The molecule has 7 nitrogen and oxygen atoms in total.